The molecule has 0 aliphatic rings. The molecule has 0 spiro atoms. The highest BCUT2D eigenvalue weighted by Gasteiger charge is 2.03. The van der Waals surface area contributed by atoms with Gasteiger partial charge in [-0.1, -0.05) is 35.9 Å². The third kappa shape index (κ3) is 2.70. The largest absolute Gasteiger partial charge is 0.366 e. The van der Waals surface area contributed by atoms with Crippen LogP contribution in [0.4, 0.5) is 5.82 Å². The van der Waals surface area contributed by atoms with Gasteiger partial charge in [-0.25, -0.2) is 9.97 Å². The minimum absolute atomic E-state index is 0.441. The molecule has 20 heavy (non-hydrogen) atoms. The quantitative estimate of drug-likeness (QED) is 0.747. The molecule has 5 heteroatoms. The van der Waals surface area contributed by atoms with Gasteiger partial charge in [0, 0.05) is 24.2 Å². The van der Waals surface area contributed by atoms with Gasteiger partial charge in [0.25, 0.3) is 0 Å². The van der Waals surface area contributed by atoms with Crippen LogP contribution in [-0.4, -0.2) is 15.0 Å². The van der Waals surface area contributed by atoms with Gasteiger partial charge in [0.1, 0.15) is 16.8 Å². The molecule has 100 valence electrons. The Morgan fingerprint density at radius 2 is 2.00 bits per heavy atom. The lowest BCUT2D eigenvalue weighted by Gasteiger charge is -2.08. The van der Waals surface area contributed by atoms with Crippen LogP contribution >= 0.6 is 11.6 Å². The summed E-state index contributed by atoms with van der Waals surface area (Å²) in [6.07, 6.45) is 1.80. The van der Waals surface area contributed by atoms with Crippen molar-refractivity contribution in [3.63, 3.8) is 0 Å². The minimum Gasteiger partial charge on any atom is -0.366 e. The summed E-state index contributed by atoms with van der Waals surface area (Å²) in [6.45, 7) is 2.46. The Hall–Kier alpha value is -2.20. The Morgan fingerprint density at radius 3 is 2.85 bits per heavy atom. The molecule has 0 radical (unpaired) electrons. The van der Waals surface area contributed by atoms with E-state index in [4.69, 9.17) is 11.6 Å². The molecule has 4 nitrogen and oxygen atoms in total. The van der Waals surface area contributed by atoms with Gasteiger partial charge < -0.3 is 5.32 Å². The number of aromatic nitrogens is 3. The van der Waals surface area contributed by atoms with Crippen LogP contribution in [0, 0.1) is 6.92 Å². The highest BCUT2D eigenvalue weighted by atomic mass is 35.5. The number of para-hydroxylation sites is 1. The van der Waals surface area contributed by atoms with Crippen LogP contribution in [0.2, 0.25) is 5.15 Å². The Morgan fingerprint density at radius 1 is 1.15 bits per heavy atom. The number of hydrogen-bond donors (Lipinski definition) is 1. The van der Waals surface area contributed by atoms with Crippen molar-refractivity contribution in [2.45, 2.75) is 13.5 Å². The number of aryl methyl sites for hydroxylation is 1. The van der Waals surface area contributed by atoms with Crippen LogP contribution in [0.3, 0.4) is 0 Å². The van der Waals surface area contributed by atoms with Crippen LogP contribution in [0.15, 0.2) is 42.6 Å². The predicted molar refractivity (Wildman–Crippen MR) is 80.8 cm³/mol. The summed E-state index contributed by atoms with van der Waals surface area (Å²) in [4.78, 5) is 12.8. The second-order valence-electron chi connectivity index (χ2n) is 4.47. The number of fused-ring (bicyclic) bond motifs is 1. The van der Waals surface area contributed by atoms with E-state index in [9.17, 15) is 0 Å². The molecular weight excluding hydrogens is 272 g/mol. The molecule has 0 aliphatic carbocycles. The van der Waals surface area contributed by atoms with Crippen LogP contribution < -0.4 is 5.32 Å². The van der Waals surface area contributed by atoms with Gasteiger partial charge in [-0.2, -0.15) is 0 Å². The fourth-order valence-corrected chi connectivity index (χ4v) is 2.34. The van der Waals surface area contributed by atoms with Crippen molar-refractivity contribution in [2.75, 3.05) is 5.32 Å². The van der Waals surface area contributed by atoms with E-state index in [0.29, 0.717) is 17.5 Å². The summed E-state index contributed by atoms with van der Waals surface area (Å²) >= 11 is 5.92. The maximum absolute atomic E-state index is 5.92. The molecular formula is C15H13ClN4. The van der Waals surface area contributed by atoms with E-state index in [-0.39, 0.29) is 0 Å². The van der Waals surface area contributed by atoms with E-state index in [1.807, 2.05) is 19.1 Å². The summed E-state index contributed by atoms with van der Waals surface area (Å²) in [7, 11) is 0. The number of benzene rings is 1. The molecule has 0 bridgehead atoms. The molecule has 0 saturated heterocycles. The SMILES string of the molecule is Cc1nc(Cl)cc(NCc2cccc3cccnc23)n1. The third-order valence-electron chi connectivity index (χ3n) is 2.98. The van der Waals surface area contributed by atoms with Crippen molar-refractivity contribution in [1.82, 2.24) is 15.0 Å². The molecule has 2 heterocycles. The standard InChI is InChI=1S/C15H13ClN4/c1-10-19-13(16)8-14(20-10)18-9-12-5-2-4-11-6-3-7-17-15(11)12/h2-8H,9H2,1H3,(H,18,19,20). The Bertz CT molecular complexity index is 732. The average molecular weight is 285 g/mol. The second kappa shape index (κ2) is 5.43. The topological polar surface area (TPSA) is 50.7 Å². The first kappa shape index (κ1) is 12.8. The predicted octanol–water partition coefficient (Wildman–Crippen LogP) is 3.60. The molecule has 0 atom stereocenters. The first-order chi connectivity index (χ1) is 9.72. The first-order valence-corrected chi connectivity index (χ1v) is 6.68. The van der Waals surface area contributed by atoms with Crippen LogP contribution in [-0.2, 0) is 6.54 Å². The molecule has 3 rings (SSSR count). The molecule has 1 aromatic carbocycles. The molecule has 0 aliphatic heterocycles. The number of nitrogens with one attached hydrogen (secondary N) is 1. The molecule has 1 N–H and O–H groups in total. The second-order valence-corrected chi connectivity index (χ2v) is 4.86. The van der Waals surface area contributed by atoms with Gasteiger partial charge in [-0.3, -0.25) is 4.98 Å². The lowest BCUT2D eigenvalue weighted by molar-refractivity contribution is 1.02. The van der Waals surface area contributed by atoms with Crippen LogP contribution in [0.1, 0.15) is 11.4 Å². The third-order valence-corrected chi connectivity index (χ3v) is 3.18. The minimum atomic E-state index is 0.441. The number of pyridine rings is 1. The van der Waals surface area contributed by atoms with Crippen molar-refractivity contribution in [2.24, 2.45) is 0 Å². The number of nitrogens with zero attached hydrogens (tertiary/aromatic N) is 3. The molecule has 3 aromatic rings. The summed E-state index contributed by atoms with van der Waals surface area (Å²) in [5.74, 6) is 1.37. The molecule has 0 unspecified atom stereocenters. The fourth-order valence-electron chi connectivity index (χ4n) is 2.12. The molecule has 0 fully saturated rings. The Labute approximate surface area is 121 Å². The Balaban J connectivity index is 1.87. The van der Waals surface area contributed by atoms with Crippen molar-refractivity contribution in [3.8, 4) is 0 Å². The van der Waals surface area contributed by atoms with Crippen molar-refractivity contribution in [1.29, 1.82) is 0 Å². The smallest absolute Gasteiger partial charge is 0.134 e. The van der Waals surface area contributed by atoms with E-state index < -0.39 is 0 Å². The van der Waals surface area contributed by atoms with Crippen molar-refractivity contribution >= 4 is 28.3 Å². The highest BCUT2D eigenvalue weighted by molar-refractivity contribution is 6.29. The van der Waals surface area contributed by atoms with Gasteiger partial charge in [-0.15, -0.1) is 0 Å². The lowest BCUT2D eigenvalue weighted by Crippen LogP contribution is -2.04. The van der Waals surface area contributed by atoms with Gasteiger partial charge in [-0.05, 0) is 18.6 Å². The summed E-state index contributed by atoms with van der Waals surface area (Å²) in [5.41, 5.74) is 2.12. The molecule has 0 amide bonds. The van der Waals surface area contributed by atoms with E-state index in [2.05, 4.69) is 38.5 Å². The van der Waals surface area contributed by atoms with Crippen molar-refractivity contribution in [3.05, 3.63) is 59.1 Å². The zero-order valence-electron chi connectivity index (χ0n) is 11.0. The molecule has 0 saturated carbocycles. The van der Waals surface area contributed by atoms with Crippen LogP contribution in [0.5, 0.6) is 0 Å². The average Bonchev–Trinajstić information content (AvgIpc) is 2.44. The molecule has 2 aromatic heterocycles. The lowest BCUT2D eigenvalue weighted by atomic mass is 10.1. The van der Waals surface area contributed by atoms with E-state index in [1.54, 1.807) is 12.3 Å². The summed E-state index contributed by atoms with van der Waals surface area (Å²) in [5, 5.41) is 4.83. The van der Waals surface area contributed by atoms with Crippen LogP contribution in [0.25, 0.3) is 10.9 Å². The summed E-state index contributed by atoms with van der Waals surface area (Å²) in [6, 6.07) is 11.8. The first-order valence-electron chi connectivity index (χ1n) is 6.30. The summed E-state index contributed by atoms with van der Waals surface area (Å²) < 4.78 is 0. The van der Waals surface area contributed by atoms with Gasteiger partial charge in [0.15, 0.2) is 0 Å². The number of hydrogen-bond acceptors (Lipinski definition) is 4. The van der Waals surface area contributed by atoms with Crippen molar-refractivity contribution < 1.29 is 0 Å². The van der Waals surface area contributed by atoms with Gasteiger partial charge in [0.05, 0.1) is 5.52 Å². The maximum atomic E-state index is 5.92. The number of anilines is 1. The zero-order chi connectivity index (χ0) is 13.9. The van der Waals surface area contributed by atoms with Gasteiger partial charge >= 0.3 is 0 Å². The number of halogens is 1. The van der Waals surface area contributed by atoms with E-state index in [1.165, 1.54) is 0 Å². The maximum Gasteiger partial charge on any atom is 0.134 e. The van der Waals surface area contributed by atoms with Gasteiger partial charge in [0.2, 0.25) is 0 Å². The highest BCUT2D eigenvalue weighted by Crippen LogP contribution is 2.18. The Kier molecular flexibility index (Phi) is 3.48. The monoisotopic (exact) mass is 284 g/mol. The number of rotatable bonds is 3. The van der Waals surface area contributed by atoms with E-state index >= 15 is 0 Å². The fraction of sp³-hybridized carbons (Fsp3) is 0.133. The normalized spacial score (nSPS) is 10.7. The zero-order valence-corrected chi connectivity index (χ0v) is 11.7. The van der Waals surface area contributed by atoms with E-state index in [0.717, 1.165) is 22.3 Å².